The molecular weight excluding hydrogens is 546 g/mol. The number of hydrogen-bond donors (Lipinski definition) is 3. The molecule has 166 valence electrons. The van der Waals surface area contributed by atoms with E-state index in [2.05, 4.69) is 20.3 Å². The molecule has 29 heavy (non-hydrogen) atoms. The summed E-state index contributed by atoms with van der Waals surface area (Å²) in [5, 5.41) is 6.31. The predicted molar refractivity (Wildman–Crippen MR) is 117 cm³/mol. The van der Waals surface area contributed by atoms with Crippen molar-refractivity contribution in [3.63, 3.8) is 0 Å². The number of sulfonamides is 1. The number of likely N-dealkylation sites (tertiary alicyclic amines) is 1. The van der Waals surface area contributed by atoms with Crippen LogP contribution < -0.4 is 15.4 Å². The van der Waals surface area contributed by atoms with Crippen LogP contribution in [-0.2, 0) is 10.0 Å². The Hall–Kier alpha value is -0.830. The third kappa shape index (κ3) is 9.24. The van der Waals surface area contributed by atoms with E-state index in [9.17, 15) is 21.6 Å². The second kappa shape index (κ2) is 11.5. The highest BCUT2D eigenvalue weighted by atomic mass is 127. The minimum Gasteiger partial charge on any atom is -0.355 e. The minimum absolute atomic E-state index is 0. The lowest BCUT2D eigenvalue weighted by molar-refractivity contribution is -0.143. The van der Waals surface area contributed by atoms with Gasteiger partial charge in [-0.05, 0) is 24.6 Å². The van der Waals surface area contributed by atoms with Crippen LogP contribution in [0.25, 0.3) is 0 Å². The van der Waals surface area contributed by atoms with Gasteiger partial charge in [-0.1, -0.05) is 17.7 Å². The number of aliphatic imine (C=N–C) groups is 1. The summed E-state index contributed by atoms with van der Waals surface area (Å²) >= 11 is 5.80. The fraction of sp³-hybridized carbons (Fsp3) is 0.562. The van der Waals surface area contributed by atoms with Crippen LogP contribution >= 0.6 is 35.6 Å². The number of guanidine groups is 1. The number of benzene rings is 1. The van der Waals surface area contributed by atoms with E-state index >= 15 is 0 Å². The molecule has 1 aliphatic rings. The van der Waals surface area contributed by atoms with Gasteiger partial charge in [0.05, 0.1) is 11.4 Å². The van der Waals surface area contributed by atoms with Crippen LogP contribution in [0.3, 0.4) is 0 Å². The Morgan fingerprint density at radius 1 is 1.34 bits per heavy atom. The Kier molecular flexibility index (Phi) is 10.4. The summed E-state index contributed by atoms with van der Waals surface area (Å²) in [5.41, 5.74) is 0. The molecule has 1 atom stereocenters. The van der Waals surface area contributed by atoms with Crippen LogP contribution in [0.5, 0.6) is 0 Å². The van der Waals surface area contributed by atoms with Crippen molar-refractivity contribution in [2.24, 2.45) is 4.99 Å². The summed E-state index contributed by atoms with van der Waals surface area (Å²) in [6.45, 7) is 0.0383. The van der Waals surface area contributed by atoms with E-state index in [0.29, 0.717) is 23.9 Å². The Balaban J connectivity index is 0.00000420. The molecule has 0 aromatic heterocycles. The number of nitrogens with zero attached hydrogens (tertiary/aromatic N) is 2. The van der Waals surface area contributed by atoms with Gasteiger partial charge in [0.1, 0.15) is 0 Å². The highest BCUT2D eigenvalue weighted by Gasteiger charge is 2.34. The summed E-state index contributed by atoms with van der Waals surface area (Å²) in [6, 6.07) is 5.76. The number of nitrogens with one attached hydrogen (secondary N) is 3. The first-order valence-corrected chi connectivity index (χ1v) is 10.5. The van der Waals surface area contributed by atoms with Crippen molar-refractivity contribution in [3.8, 4) is 0 Å². The van der Waals surface area contributed by atoms with Crippen LogP contribution in [0.4, 0.5) is 13.2 Å². The lowest BCUT2D eigenvalue weighted by Gasteiger charge is -2.19. The van der Waals surface area contributed by atoms with Crippen molar-refractivity contribution in [1.82, 2.24) is 20.3 Å². The monoisotopic (exact) mass is 569 g/mol. The van der Waals surface area contributed by atoms with Crippen LogP contribution in [0.15, 0.2) is 34.2 Å². The van der Waals surface area contributed by atoms with Gasteiger partial charge in [-0.3, -0.25) is 9.89 Å². The molecule has 1 aromatic carbocycles. The quantitative estimate of drug-likeness (QED) is 0.203. The summed E-state index contributed by atoms with van der Waals surface area (Å²) in [4.78, 5) is 5.42. The van der Waals surface area contributed by atoms with Gasteiger partial charge in [0.25, 0.3) is 0 Å². The first-order chi connectivity index (χ1) is 13.1. The molecule has 0 bridgehead atoms. The summed E-state index contributed by atoms with van der Waals surface area (Å²) < 4.78 is 64.2. The topological polar surface area (TPSA) is 85.8 Å². The summed E-state index contributed by atoms with van der Waals surface area (Å²) in [7, 11) is -2.15. The van der Waals surface area contributed by atoms with Gasteiger partial charge < -0.3 is 10.6 Å². The Labute approximate surface area is 190 Å². The number of hydrogen-bond acceptors (Lipinski definition) is 4. The SMILES string of the molecule is CN=C(NCCNS(=O)(=O)c1cccc(Cl)c1)NC1CCN(CC(F)(F)F)C1.I. The van der Waals surface area contributed by atoms with Gasteiger partial charge in [-0.15, -0.1) is 24.0 Å². The summed E-state index contributed by atoms with van der Waals surface area (Å²) in [5.74, 6) is 0.404. The zero-order chi connectivity index (χ0) is 20.8. The highest BCUT2D eigenvalue weighted by Crippen LogP contribution is 2.20. The van der Waals surface area contributed by atoms with Crippen LogP contribution in [0.1, 0.15) is 6.42 Å². The smallest absolute Gasteiger partial charge is 0.355 e. The maximum Gasteiger partial charge on any atom is 0.401 e. The van der Waals surface area contributed by atoms with Crippen LogP contribution in [0, 0.1) is 0 Å². The molecule has 13 heteroatoms. The molecule has 7 nitrogen and oxygen atoms in total. The van der Waals surface area contributed by atoms with Gasteiger partial charge >= 0.3 is 6.18 Å². The molecule has 1 fully saturated rings. The second-order valence-electron chi connectivity index (χ2n) is 6.33. The average molecular weight is 570 g/mol. The Morgan fingerprint density at radius 2 is 2.07 bits per heavy atom. The van der Waals surface area contributed by atoms with Gasteiger partial charge in [-0.2, -0.15) is 13.2 Å². The number of halogens is 5. The largest absolute Gasteiger partial charge is 0.401 e. The molecule has 0 saturated carbocycles. The zero-order valence-corrected chi connectivity index (χ0v) is 19.6. The zero-order valence-electron chi connectivity index (χ0n) is 15.7. The predicted octanol–water partition coefficient (Wildman–Crippen LogP) is 2.04. The molecule has 1 heterocycles. The minimum atomic E-state index is -4.21. The molecule has 0 radical (unpaired) electrons. The fourth-order valence-electron chi connectivity index (χ4n) is 2.82. The number of alkyl halides is 3. The van der Waals surface area contributed by atoms with E-state index < -0.39 is 22.7 Å². The van der Waals surface area contributed by atoms with Crippen molar-refractivity contribution in [2.75, 3.05) is 39.8 Å². The van der Waals surface area contributed by atoms with Crippen LogP contribution in [0.2, 0.25) is 5.02 Å². The van der Waals surface area contributed by atoms with Crippen molar-refractivity contribution < 1.29 is 21.6 Å². The normalized spacial score (nSPS) is 18.4. The van der Waals surface area contributed by atoms with E-state index in [1.54, 1.807) is 12.1 Å². The highest BCUT2D eigenvalue weighted by molar-refractivity contribution is 14.0. The van der Waals surface area contributed by atoms with E-state index in [-0.39, 0.29) is 54.5 Å². The van der Waals surface area contributed by atoms with Gasteiger partial charge in [-0.25, -0.2) is 13.1 Å². The van der Waals surface area contributed by atoms with E-state index in [1.165, 1.54) is 24.1 Å². The van der Waals surface area contributed by atoms with Gasteiger partial charge in [0.15, 0.2) is 5.96 Å². The van der Waals surface area contributed by atoms with Crippen molar-refractivity contribution in [2.45, 2.75) is 23.5 Å². The molecule has 1 unspecified atom stereocenters. The molecule has 0 amide bonds. The lowest BCUT2D eigenvalue weighted by atomic mass is 10.3. The molecule has 1 aliphatic heterocycles. The number of rotatable bonds is 7. The van der Waals surface area contributed by atoms with E-state index in [4.69, 9.17) is 11.6 Å². The average Bonchev–Trinajstić information content (AvgIpc) is 3.02. The lowest BCUT2D eigenvalue weighted by Crippen LogP contribution is -2.47. The first kappa shape index (κ1) is 26.2. The molecule has 1 saturated heterocycles. The molecule has 3 N–H and O–H groups in total. The van der Waals surface area contributed by atoms with E-state index in [1.807, 2.05) is 0 Å². The van der Waals surface area contributed by atoms with Crippen LogP contribution in [-0.4, -0.2) is 71.3 Å². The molecule has 1 aromatic rings. The molecule has 0 aliphatic carbocycles. The Bertz CT molecular complexity index is 795. The Morgan fingerprint density at radius 3 is 2.69 bits per heavy atom. The molecule has 2 rings (SSSR count). The third-order valence-electron chi connectivity index (χ3n) is 4.06. The van der Waals surface area contributed by atoms with Crippen molar-refractivity contribution in [1.29, 1.82) is 0 Å². The fourth-order valence-corrected chi connectivity index (χ4v) is 4.15. The van der Waals surface area contributed by atoms with Crippen molar-refractivity contribution in [3.05, 3.63) is 29.3 Å². The van der Waals surface area contributed by atoms with E-state index in [0.717, 1.165) is 0 Å². The first-order valence-electron chi connectivity index (χ1n) is 8.60. The standard InChI is InChI=1S/C16H23ClF3N5O2S.HI/c1-21-15(24-13-5-8-25(10-13)11-16(18,19)20)22-6-7-23-28(26,27)14-4-2-3-12(17)9-14;/h2-4,9,13,23H,5-8,10-11H2,1H3,(H2,21,22,24);1H. The maximum absolute atomic E-state index is 12.4. The van der Waals surface area contributed by atoms with Crippen molar-refractivity contribution >= 4 is 51.6 Å². The molecule has 0 spiro atoms. The maximum atomic E-state index is 12.4. The third-order valence-corrected chi connectivity index (χ3v) is 5.75. The molecular formula is C16H24ClF3IN5O2S. The van der Waals surface area contributed by atoms with Gasteiger partial charge in [0.2, 0.25) is 10.0 Å². The van der Waals surface area contributed by atoms with Gasteiger partial charge in [0, 0.05) is 44.3 Å². The summed E-state index contributed by atoms with van der Waals surface area (Å²) in [6.07, 6.45) is -3.65. The second-order valence-corrected chi connectivity index (χ2v) is 8.54.